The van der Waals surface area contributed by atoms with Gasteiger partial charge >= 0.3 is 6.18 Å². The Balaban J connectivity index is 1.49. The van der Waals surface area contributed by atoms with Gasteiger partial charge in [0.2, 0.25) is 0 Å². The molecule has 0 radical (unpaired) electrons. The molecule has 8 heteroatoms. The number of anilines is 1. The molecule has 3 heterocycles. The van der Waals surface area contributed by atoms with Crippen molar-refractivity contribution in [2.24, 2.45) is 0 Å². The fraction of sp³-hybridized carbons (Fsp3) is 0.333. The summed E-state index contributed by atoms with van der Waals surface area (Å²) in [7, 11) is 1.67. The van der Waals surface area contributed by atoms with Gasteiger partial charge in [-0.25, -0.2) is 9.97 Å². The minimum absolute atomic E-state index is 0.307. The number of aromatic nitrogens is 2. The second-order valence-corrected chi connectivity index (χ2v) is 6.97. The van der Waals surface area contributed by atoms with Crippen molar-refractivity contribution in [2.75, 3.05) is 38.2 Å². The highest BCUT2D eigenvalue weighted by atomic mass is 19.4. The van der Waals surface area contributed by atoms with Crippen molar-refractivity contribution >= 4 is 16.7 Å². The predicted octanol–water partition coefficient (Wildman–Crippen LogP) is 3.98. The maximum absolute atomic E-state index is 12.9. The van der Waals surface area contributed by atoms with Gasteiger partial charge in [0.15, 0.2) is 0 Å². The van der Waals surface area contributed by atoms with Crippen LogP contribution >= 0.6 is 0 Å². The molecule has 0 spiro atoms. The van der Waals surface area contributed by atoms with Crippen LogP contribution in [0.15, 0.2) is 48.7 Å². The van der Waals surface area contributed by atoms with E-state index in [9.17, 15) is 13.2 Å². The molecule has 0 bridgehead atoms. The number of rotatable bonds is 4. The Kier molecular flexibility index (Phi) is 5.27. The number of piperazine rings is 1. The number of methoxy groups -OCH3 is 1. The first-order valence-electron chi connectivity index (χ1n) is 9.38. The van der Waals surface area contributed by atoms with Crippen LogP contribution in [0.1, 0.15) is 11.3 Å². The Morgan fingerprint density at radius 3 is 2.48 bits per heavy atom. The average Bonchev–Trinajstić information content (AvgIpc) is 2.73. The van der Waals surface area contributed by atoms with Crippen molar-refractivity contribution in [2.45, 2.75) is 12.7 Å². The molecule has 5 nitrogen and oxygen atoms in total. The van der Waals surface area contributed by atoms with E-state index in [-0.39, 0.29) is 0 Å². The van der Waals surface area contributed by atoms with Crippen LogP contribution < -0.4 is 9.64 Å². The van der Waals surface area contributed by atoms with E-state index in [4.69, 9.17) is 4.74 Å². The highest BCUT2D eigenvalue weighted by molar-refractivity contribution is 5.89. The lowest BCUT2D eigenvalue weighted by Crippen LogP contribution is -2.46. The fourth-order valence-electron chi connectivity index (χ4n) is 3.64. The van der Waals surface area contributed by atoms with Gasteiger partial charge in [0.25, 0.3) is 0 Å². The molecular weight excluding hydrogens is 381 g/mol. The van der Waals surface area contributed by atoms with Crippen molar-refractivity contribution in [3.8, 4) is 5.75 Å². The van der Waals surface area contributed by atoms with Crippen molar-refractivity contribution in [1.29, 1.82) is 0 Å². The van der Waals surface area contributed by atoms with Gasteiger partial charge in [-0.1, -0.05) is 18.2 Å². The molecule has 1 saturated heterocycles. The van der Waals surface area contributed by atoms with Gasteiger partial charge < -0.3 is 9.64 Å². The number of alkyl halides is 3. The Morgan fingerprint density at radius 2 is 1.76 bits per heavy atom. The smallest absolute Gasteiger partial charge is 0.433 e. The molecular formula is C21H21F3N4O. The van der Waals surface area contributed by atoms with E-state index in [0.717, 1.165) is 50.1 Å². The standard InChI is InChI=1S/C21H21F3N4O/c1-29-18-5-3-2-4-15(18)14-27-10-12-28(13-11-27)20-16-6-7-19(21(22,23)24)26-17(16)8-9-25-20/h2-9H,10-14H2,1H3. The van der Waals surface area contributed by atoms with E-state index in [1.54, 1.807) is 7.11 Å². The van der Waals surface area contributed by atoms with E-state index in [1.165, 1.54) is 18.3 Å². The van der Waals surface area contributed by atoms with Crippen LogP contribution in [0.4, 0.5) is 19.0 Å². The molecule has 1 aliphatic rings. The number of nitrogens with zero attached hydrogens (tertiary/aromatic N) is 4. The molecule has 2 aromatic heterocycles. The predicted molar refractivity (Wildman–Crippen MR) is 105 cm³/mol. The fourth-order valence-corrected chi connectivity index (χ4v) is 3.64. The molecule has 4 rings (SSSR count). The summed E-state index contributed by atoms with van der Waals surface area (Å²) < 4.78 is 44.3. The van der Waals surface area contributed by atoms with E-state index >= 15 is 0 Å². The summed E-state index contributed by atoms with van der Waals surface area (Å²) in [5.41, 5.74) is 0.556. The average molecular weight is 402 g/mol. The first-order chi connectivity index (χ1) is 14.0. The first-order valence-corrected chi connectivity index (χ1v) is 9.38. The maximum Gasteiger partial charge on any atom is 0.433 e. The number of benzene rings is 1. The highest BCUT2D eigenvalue weighted by Crippen LogP contribution is 2.31. The number of hydrogen-bond donors (Lipinski definition) is 0. The van der Waals surface area contributed by atoms with Crippen LogP contribution in [0.25, 0.3) is 10.9 Å². The minimum Gasteiger partial charge on any atom is -0.496 e. The Bertz CT molecular complexity index is 1000. The topological polar surface area (TPSA) is 41.5 Å². The Labute approximate surface area is 166 Å². The van der Waals surface area contributed by atoms with Crippen LogP contribution in [0.2, 0.25) is 0 Å². The van der Waals surface area contributed by atoms with Crippen molar-refractivity contribution in [3.05, 3.63) is 59.9 Å². The van der Waals surface area contributed by atoms with Gasteiger partial charge in [-0.15, -0.1) is 0 Å². The molecule has 152 valence electrons. The molecule has 0 saturated carbocycles. The van der Waals surface area contributed by atoms with Crippen LogP contribution in [0.5, 0.6) is 5.75 Å². The zero-order chi connectivity index (χ0) is 20.4. The summed E-state index contributed by atoms with van der Waals surface area (Å²) in [5, 5.41) is 0.638. The third-order valence-corrected chi connectivity index (χ3v) is 5.14. The SMILES string of the molecule is COc1ccccc1CN1CCN(c2nccc3nc(C(F)(F)F)ccc23)CC1. The van der Waals surface area contributed by atoms with Gasteiger partial charge in [-0.05, 0) is 24.3 Å². The van der Waals surface area contributed by atoms with Gasteiger partial charge in [0.1, 0.15) is 17.3 Å². The lowest BCUT2D eigenvalue weighted by Gasteiger charge is -2.36. The van der Waals surface area contributed by atoms with Crippen LogP contribution in [0, 0.1) is 0 Å². The van der Waals surface area contributed by atoms with E-state index < -0.39 is 11.9 Å². The van der Waals surface area contributed by atoms with Gasteiger partial charge in [-0.3, -0.25) is 4.90 Å². The quantitative estimate of drug-likeness (QED) is 0.660. The third kappa shape index (κ3) is 4.12. The minimum atomic E-state index is -4.46. The van der Waals surface area contributed by atoms with Crippen LogP contribution in [-0.4, -0.2) is 48.2 Å². The summed E-state index contributed by atoms with van der Waals surface area (Å²) in [4.78, 5) is 12.6. The second-order valence-electron chi connectivity index (χ2n) is 6.97. The first kappa shape index (κ1) is 19.4. The third-order valence-electron chi connectivity index (χ3n) is 5.14. The maximum atomic E-state index is 12.9. The number of para-hydroxylation sites is 1. The normalized spacial score (nSPS) is 15.7. The summed E-state index contributed by atoms with van der Waals surface area (Å²) in [5.74, 6) is 1.55. The molecule has 0 atom stereocenters. The van der Waals surface area contributed by atoms with Crippen molar-refractivity contribution < 1.29 is 17.9 Å². The van der Waals surface area contributed by atoms with Gasteiger partial charge in [0.05, 0.1) is 12.6 Å². The summed E-state index contributed by atoms with van der Waals surface area (Å²) in [6.45, 7) is 3.91. The largest absolute Gasteiger partial charge is 0.496 e. The van der Waals surface area contributed by atoms with Crippen molar-refractivity contribution in [1.82, 2.24) is 14.9 Å². The number of pyridine rings is 2. The molecule has 0 amide bonds. The summed E-state index contributed by atoms with van der Waals surface area (Å²) in [6.07, 6.45) is -2.94. The molecule has 3 aromatic rings. The monoisotopic (exact) mass is 402 g/mol. The second kappa shape index (κ2) is 7.87. The Morgan fingerprint density at radius 1 is 1.00 bits per heavy atom. The number of hydrogen-bond acceptors (Lipinski definition) is 5. The molecule has 1 aromatic carbocycles. The van der Waals surface area contributed by atoms with Crippen LogP contribution in [0.3, 0.4) is 0 Å². The number of fused-ring (bicyclic) bond motifs is 1. The molecule has 29 heavy (non-hydrogen) atoms. The number of halogens is 3. The van der Waals surface area contributed by atoms with Crippen LogP contribution in [-0.2, 0) is 12.7 Å². The van der Waals surface area contributed by atoms with Crippen molar-refractivity contribution in [3.63, 3.8) is 0 Å². The zero-order valence-electron chi connectivity index (χ0n) is 16.0. The van der Waals surface area contributed by atoms with Gasteiger partial charge in [-0.2, -0.15) is 13.2 Å². The van der Waals surface area contributed by atoms with E-state index in [1.807, 2.05) is 18.2 Å². The van der Waals surface area contributed by atoms with Gasteiger partial charge in [0, 0.05) is 49.9 Å². The van der Waals surface area contributed by atoms with E-state index in [2.05, 4.69) is 25.8 Å². The molecule has 0 unspecified atom stereocenters. The zero-order valence-corrected chi connectivity index (χ0v) is 16.0. The highest BCUT2D eigenvalue weighted by Gasteiger charge is 2.32. The Hall–Kier alpha value is -2.87. The number of ether oxygens (including phenoxy) is 1. The van der Waals surface area contributed by atoms with E-state index in [0.29, 0.717) is 16.7 Å². The summed E-state index contributed by atoms with van der Waals surface area (Å²) in [6, 6.07) is 12.0. The summed E-state index contributed by atoms with van der Waals surface area (Å²) >= 11 is 0. The molecule has 0 N–H and O–H groups in total. The molecule has 0 aliphatic carbocycles. The lowest BCUT2D eigenvalue weighted by atomic mass is 10.1. The molecule has 1 fully saturated rings. The molecule has 1 aliphatic heterocycles. The lowest BCUT2D eigenvalue weighted by molar-refractivity contribution is -0.140.